The molecule has 0 unspecified atom stereocenters. The molecule has 0 fully saturated rings. The lowest BCUT2D eigenvalue weighted by Crippen LogP contribution is -2.05. The number of anilines is 2. The zero-order valence-corrected chi connectivity index (χ0v) is 12.1. The van der Waals surface area contributed by atoms with Crippen LogP contribution in [-0.4, -0.2) is 24.6 Å². The van der Waals surface area contributed by atoms with Crippen LogP contribution in [0.4, 0.5) is 16.0 Å². The summed E-state index contributed by atoms with van der Waals surface area (Å²) in [5.74, 6) is -0.616. The van der Waals surface area contributed by atoms with Crippen molar-refractivity contribution in [1.82, 2.24) is 9.97 Å². The Morgan fingerprint density at radius 3 is 2.55 bits per heavy atom. The summed E-state index contributed by atoms with van der Waals surface area (Å²) >= 11 is 0. The highest BCUT2D eigenvalue weighted by Gasteiger charge is 2.17. The third kappa shape index (κ3) is 2.93. The molecule has 0 bridgehead atoms. The van der Waals surface area contributed by atoms with E-state index in [1.54, 1.807) is 6.20 Å². The molecule has 1 N–H and O–H groups in total. The number of nitrogens with one attached hydrogen (secondary N) is 1. The summed E-state index contributed by atoms with van der Waals surface area (Å²) < 4.78 is 37.1. The molecule has 0 amide bonds. The number of aromatic nitrogens is 2. The van der Waals surface area contributed by atoms with Crippen LogP contribution in [0.15, 0.2) is 29.3 Å². The number of rotatable bonds is 3. The van der Waals surface area contributed by atoms with Crippen LogP contribution in [0.1, 0.15) is 11.3 Å². The molecule has 7 heteroatoms. The average Bonchev–Trinajstić information content (AvgIpc) is 2.35. The van der Waals surface area contributed by atoms with Gasteiger partial charge in [0.1, 0.15) is 4.90 Å². The number of aryl methyl sites for hydroxylation is 2. The van der Waals surface area contributed by atoms with Crippen LogP contribution in [0.2, 0.25) is 0 Å². The Morgan fingerprint density at radius 2 is 1.95 bits per heavy atom. The summed E-state index contributed by atoms with van der Waals surface area (Å²) in [5.41, 5.74) is 1.71. The molecule has 0 spiro atoms. The topological polar surface area (TPSA) is 72.0 Å². The summed E-state index contributed by atoms with van der Waals surface area (Å²) in [6, 6.07) is 4.11. The van der Waals surface area contributed by atoms with E-state index in [1.165, 1.54) is 18.2 Å². The molecular weight excluding hydrogens is 281 g/mol. The van der Waals surface area contributed by atoms with E-state index in [0.717, 1.165) is 17.5 Å². The third-order valence-electron chi connectivity index (χ3n) is 2.83. The van der Waals surface area contributed by atoms with Crippen LogP contribution in [0.5, 0.6) is 0 Å². The minimum Gasteiger partial charge on any atom is -0.322 e. The summed E-state index contributed by atoms with van der Waals surface area (Å²) in [7, 11) is -3.62. The van der Waals surface area contributed by atoms with Crippen LogP contribution in [0.25, 0.3) is 0 Å². The van der Waals surface area contributed by atoms with Crippen molar-refractivity contribution >= 4 is 21.5 Å². The summed E-state index contributed by atoms with van der Waals surface area (Å²) in [4.78, 5) is 7.84. The van der Waals surface area contributed by atoms with Gasteiger partial charge in [-0.15, -0.1) is 0 Å². The van der Waals surface area contributed by atoms with E-state index in [1.807, 2.05) is 13.8 Å². The standard InChI is InChI=1S/C13H14FN3O2S/c1-8-7-15-13(16-9(8)2)17-10-5-4-6-11(12(10)14)20(3,18)19/h4-7H,1-3H3,(H,15,16,17). The highest BCUT2D eigenvalue weighted by atomic mass is 32.2. The van der Waals surface area contributed by atoms with Gasteiger partial charge in [0.05, 0.1) is 5.69 Å². The van der Waals surface area contributed by atoms with Crippen LogP contribution in [-0.2, 0) is 9.84 Å². The van der Waals surface area contributed by atoms with Gasteiger partial charge in [0.2, 0.25) is 5.95 Å². The van der Waals surface area contributed by atoms with Gasteiger partial charge in [-0.1, -0.05) is 6.07 Å². The van der Waals surface area contributed by atoms with Gasteiger partial charge in [-0.25, -0.2) is 22.8 Å². The van der Waals surface area contributed by atoms with Crippen LogP contribution in [0, 0.1) is 19.7 Å². The normalized spacial score (nSPS) is 11.4. The molecule has 1 aromatic heterocycles. The number of hydrogen-bond acceptors (Lipinski definition) is 5. The van der Waals surface area contributed by atoms with E-state index < -0.39 is 15.7 Å². The maximum absolute atomic E-state index is 14.1. The molecular formula is C13H14FN3O2S. The van der Waals surface area contributed by atoms with Crippen molar-refractivity contribution < 1.29 is 12.8 Å². The molecule has 106 valence electrons. The fourth-order valence-electron chi connectivity index (χ4n) is 1.60. The van der Waals surface area contributed by atoms with E-state index in [0.29, 0.717) is 0 Å². The molecule has 0 radical (unpaired) electrons. The molecule has 0 atom stereocenters. The maximum atomic E-state index is 14.1. The molecule has 0 saturated heterocycles. The number of hydrogen-bond donors (Lipinski definition) is 1. The van der Waals surface area contributed by atoms with E-state index in [2.05, 4.69) is 15.3 Å². The lowest BCUT2D eigenvalue weighted by atomic mass is 10.3. The van der Waals surface area contributed by atoms with E-state index in [-0.39, 0.29) is 16.5 Å². The van der Waals surface area contributed by atoms with Crippen molar-refractivity contribution in [3.05, 3.63) is 41.5 Å². The maximum Gasteiger partial charge on any atom is 0.227 e. The Kier molecular flexibility index (Phi) is 3.71. The molecule has 2 aromatic rings. The summed E-state index contributed by atoms with van der Waals surface area (Å²) in [6.07, 6.45) is 2.57. The molecule has 20 heavy (non-hydrogen) atoms. The SMILES string of the molecule is Cc1cnc(Nc2cccc(S(C)(=O)=O)c2F)nc1C. The third-order valence-corrected chi connectivity index (χ3v) is 3.95. The van der Waals surface area contributed by atoms with Crippen LogP contribution >= 0.6 is 0 Å². The number of nitrogens with zero attached hydrogens (tertiary/aromatic N) is 2. The lowest BCUT2D eigenvalue weighted by molar-refractivity contribution is 0.573. The monoisotopic (exact) mass is 295 g/mol. The predicted molar refractivity (Wildman–Crippen MR) is 74.3 cm³/mol. The largest absolute Gasteiger partial charge is 0.322 e. The van der Waals surface area contributed by atoms with Crippen molar-refractivity contribution in [1.29, 1.82) is 0 Å². The quantitative estimate of drug-likeness (QED) is 0.941. The Hall–Kier alpha value is -2.02. The average molecular weight is 295 g/mol. The number of halogens is 1. The second-order valence-corrected chi connectivity index (χ2v) is 6.46. The molecule has 2 rings (SSSR count). The first-order valence-electron chi connectivity index (χ1n) is 5.85. The summed E-state index contributed by atoms with van der Waals surface area (Å²) in [6.45, 7) is 3.68. The fraction of sp³-hybridized carbons (Fsp3) is 0.231. The first-order valence-corrected chi connectivity index (χ1v) is 7.74. The van der Waals surface area contributed by atoms with Gasteiger partial charge in [-0.2, -0.15) is 0 Å². The predicted octanol–water partition coefficient (Wildman–Crippen LogP) is 2.38. The molecule has 1 heterocycles. The first kappa shape index (κ1) is 14.4. The van der Waals surface area contributed by atoms with Gasteiger partial charge in [0.15, 0.2) is 15.7 Å². The van der Waals surface area contributed by atoms with Gasteiger partial charge >= 0.3 is 0 Å². The van der Waals surface area contributed by atoms with Gasteiger partial charge in [-0.05, 0) is 31.5 Å². The Labute approximate surface area is 116 Å². The van der Waals surface area contributed by atoms with Crippen LogP contribution < -0.4 is 5.32 Å². The molecule has 0 saturated carbocycles. The Balaban J connectivity index is 2.42. The van der Waals surface area contributed by atoms with Crippen molar-refractivity contribution in [3.63, 3.8) is 0 Å². The highest BCUT2D eigenvalue weighted by molar-refractivity contribution is 7.90. The van der Waals surface area contributed by atoms with E-state index in [9.17, 15) is 12.8 Å². The molecule has 0 aliphatic rings. The zero-order valence-electron chi connectivity index (χ0n) is 11.3. The zero-order chi connectivity index (χ0) is 14.9. The second kappa shape index (κ2) is 5.16. The second-order valence-electron chi connectivity index (χ2n) is 4.48. The minimum atomic E-state index is -3.62. The molecule has 1 aromatic carbocycles. The minimum absolute atomic E-state index is 0.0242. The van der Waals surface area contributed by atoms with Crippen LogP contribution in [0.3, 0.4) is 0 Å². The van der Waals surface area contributed by atoms with Gasteiger partial charge in [-0.3, -0.25) is 0 Å². The van der Waals surface area contributed by atoms with Gasteiger partial charge in [0.25, 0.3) is 0 Å². The van der Waals surface area contributed by atoms with Crippen molar-refractivity contribution in [3.8, 4) is 0 Å². The van der Waals surface area contributed by atoms with Gasteiger partial charge in [0, 0.05) is 18.1 Å². The van der Waals surface area contributed by atoms with E-state index in [4.69, 9.17) is 0 Å². The number of benzene rings is 1. The Bertz CT molecular complexity index is 760. The smallest absolute Gasteiger partial charge is 0.227 e. The number of sulfone groups is 1. The molecule has 0 aliphatic heterocycles. The molecule has 5 nitrogen and oxygen atoms in total. The lowest BCUT2D eigenvalue weighted by Gasteiger charge is -2.09. The molecule has 0 aliphatic carbocycles. The summed E-state index contributed by atoms with van der Waals surface area (Å²) in [5, 5.41) is 2.69. The highest BCUT2D eigenvalue weighted by Crippen LogP contribution is 2.24. The van der Waals surface area contributed by atoms with Gasteiger partial charge < -0.3 is 5.32 Å². The Morgan fingerprint density at radius 1 is 1.25 bits per heavy atom. The van der Waals surface area contributed by atoms with Crippen molar-refractivity contribution in [2.45, 2.75) is 18.7 Å². The fourth-order valence-corrected chi connectivity index (χ4v) is 2.36. The van der Waals surface area contributed by atoms with Crippen molar-refractivity contribution in [2.75, 3.05) is 11.6 Å². The first-order chi connectivity index (χ1) is 9.29. The van der Waals surface area contributed by atoms with Crippen molar-refractivity contribution in [2.24, 2.45) is 0 Å². The van der Waals surface area contributed by atoms with E-state index >= 15 is 0 Å².